The Hall–Kier alpha value is -2.68. The Morgan fingerprint density at radius 2 is 1.96 bits per heavy atom. The van der Waals surface area contributed by atoms with Gasteiger partial charge in [-0.2, -0.15) is 0 Å². The third-order valence-corrected chi connectivity index (χ3v) is 3.92. The van der Waals surface area contributed by atoms with Crippen LogP contribution in [0.15, 0.2) is 53.1 Å². The van der Waals surface area contributed by atoms with Crippen LogP contribution >= 0.6 is 0 Å². The summed E-state index contributed by atoms with van der Waals surface area (Å²) in [6, 6.07) is 12.5. The summed E-state index contributed by atoms with van der Waals surface area (Å²) in [6.45, 7) is 1.10. The molecule has 4 rings (SSSR count). The molecule has 0 amide bonds. The number of aryl methyl sites for hydroxylation is 1. The van der Waals surface area contributed by atoms with E-state index in [1.54, 1.807) is 32.2 Å². The zero-order chi connectivity index (χ0) is 19.4. The molecule has 0 aliphatic heterocycles. The van der Waals surface area contributed by atoms with E-state index in [0.29, 0.717) is 27.9 Å². The van der Waals surface area contributed by atoms with Crippen molar-refractivity contribution in [2.75, 3.05) is 0 Å². The van der Waals surface area contributed by atoms with Crippen LogP contribution in [0.2, 0.25) is 0 Å². The number of para-hydroxylation sites is 1. The maximum atomic E-state index is 8.43. The Balaban J connectivity index is 2.12. The number of furan rings is 1. The van der Waals surface area contributed by atoms with Crippen molar-refractivity contribution in [3.63, 3.8) is 0 Å². The second kappa shape index (κ2) is 5.20. The number of nitrogens with zero attached hydrogens (tertiary/aromatic N) is 2. The van der Waals surface area contributed by atoms with Crippen molar-refractivity contribution in [2.24, 2.45) is 0 Å². The summed E-state index contributed by atoms with van der Waals surface area (Å²) in [7, 11) is 0. The molecule has 0 saturated carbocycles. The molecule has 4 aromatic rings. The number of benzene rings is 1. The van der Waals surface area contributed by atoms with Crippen LogP contribution in [0.1, 0.15) is 36.4 Å². The Morgan fingerprint density at radius 3 is 2.78 bits per heavy atom. The first-order chi connectivity index (χ1) is 12.7. The molecule has 3 nitrogen and oxygen atoms in total. The van der Waals surface area contributed by atoms with Crippen molar-refractivity contribution < 1.29 is 9.90 Å². The molecule has 0 spiro atoms. The SMILES string of the molecule is [2H]C([2H])([2H])c1cc2oc3ccccc3c2nc1-c1ncccc1C([2H])(C)C. The highest BCUT2D eigenvalue weighted by atomic mass is 16.3. The van der Waals surface area contributed by atoms with E-state index in [-0.39, 0.29) is 11.3 Å². The van der Waals surface area contributed by atoms with E-state index in [2.05, 4.69) is 9.97 Å². The second-order valence-corrected chi connectivity index (χ2v) is 5.73. The van der Waals surface area contributed by atoms with Crippen LogP contribution in [0.5, 0.6) is 0 Å². The number of fused-ring (bicyclic) bond motifs is 3. The van der Waals surface area contributed by atoms with Crippen molar-refractivity contribution in [3.8, 4) is 11.4 Å². The van der Waals surface area contributed by atoms with Crippen molar-refractivity contribution in [1.29, 1.82) is 0 Å². The van der Waals surface area contributed by atoms with Gasteiger partial charge in [0.2, 0.25) is 0 Å². The zero-order valence-corrected chi connectivity index (χ0v) is 12.9. The first-order valence-electron chi connectivity index (χ1n) is 9.45. The van der Waals surface area contributed by atoms with Crippen LogP contribution in [-0.2, 0) is 0 Å². The lowest BCUT2D eigenvalue weighted by atomic mass is 9.98. The minimum Gasteiger partial charge on any atom is -0.454 e. The molecule has 0 radical (unpaired) electrons. The van der Waals surface area contributed by atoms with E-state index in [9.17, 15) is 0 Å². The van der Waals surface area contributed by atoms with Gasteiger partial charge in [-0.25, -0.2) is 4.98 Å². The monoisotopic (exact) mass is 306 g/mol. The summed E-state index contributed by atoms with van der Waals surface area (Å²) in [5.74, 6) is -0.954. The van der Waals surface area contributed by atoms with E-state index in [0.717, 1.165) is 5.39 Å². The van der Waals surface area contributed by atoms with E-state index < -0.39 is 12.7 Å². The van der Waals surface area contributed by atoms with Crippen LogP contribution in [0.4, 0.5) is 0 Å². The van der Waals surface area contributed by atoms with Crippen molar-refractivity contribution in [3.05, 3.63) is 59.8 Å². The Morgan fingerprint density at radius 1 is 1.09 bits per heavy atom. The Labute approximate surface area is 140 Å². The van der Waals surface area contributed by atoms with Crippen LogP contribution in [0.25, 0.3) is 33.5 Å². The summed E-state index contributed by atoms with van der Waals surface area (Å²) in [4.78, 5) is 9.07. The molecule has 0 fully saturated rings. The molecule has 3 heterocycles. The maximum Gasteiger partial charge on any atom is 0.154 e. The zero-order valence-electron chi connectivity index (χ0n) is 16.9. The minimum atomic E-state index is -2.39. The molecule has 0 unspecified atom stereocenters. The number of aromatic nitrogens is 2. The lowest BCUT2D eigenvalue weighted by molar-refractivity contribution is 0.668. The molecule has 0 aliphatic rings. The quantitative estimate of drug-likeness (QED) is 0.492. The number of hydrogen-bond acceptors (Lipinski definition) is 3. The van der Waals surface area contributed by atoms with Crippen molar-refractivity contribution in [2.45, 2.75) is 26.6 Å². The second-order valence-electron chi connectivity index (χ2n) is 5.73. The standard InChI is InChI=1S/C20H18N2O/c1-12(2)14-8-6-10-21-20(14)18-13(3)11-17-19(22-18)15-7-4-5-9-16(15)23-17/h4-12H,1-3H3/i3D3,12D. The van der Waals surface area contributed by atoms with Gasteiger partial charge in [0.25, 0.3) is 0 Å². The largest absolute Gasteiger partial charge is 0.454 e. The fraction of sp³-hybridized carbons (Fsp3) is 0.200. The summed E-state index contributed by atoms with van der Waals surface area (Å²) >= 11 is 0. The predicted octanol–water partition coefficient (Wildman–Crippen LogP) is 5.47. The lowest BCUT2D eigenvalue weighted by Gasteiger charge is -2.12. The lowest BCUT2D eigenvalue weighted by Crippen LogP contribution is -1.98. The molecule has 23 heavy (non-hydrogen) atoms. The van der Waals surface area contributed by atoms with Crippen LogP contribution in [-0.4, -0.2) is 9.97 Å². The summed E-state index contributed by atoms with van der Waals surface area (Å²) in [5.41, 5.74) is 3.03. The summed E-state index contributed by atoms with van der Waals surface area (Å²) < 4.78 is 38.2. The fourth-order valence-electron chi connectivity index (χ4n) is 2.81. The molecule has 0 bridgehead atoms. The smallest absolute Gasteiger partial charge is 0.154 e. The van der Waals surface area contributed by atoms with Crippen molar-refractivity contribution >= 4 is 22.1 Å². The van der Waals surface area contributed by atoms with E-state index in [1.165, 1.54) is 6.07 Å². The van der Waals surface area contributed by atoms with Gasteiger partial charge in [-0.15, -0.1) is 0 Å². The summed E-state index contributed by atoms with van der Waals surface area (Å²) in [5, 5.41) is 0.813. The van der Waals surface area contributed by atoms with Gasteiger partial charge in [-0.1, -0.05) is 32.0 Å². The average molecular weight is 306 g/mol. The average Bonchev–Trinajstić information content (AvgIpc) is 2.97. The first kappa shape index (κ1) is 10.2. The molecule has 0 N–H and O–H groups in total. The molecule has 0 atom stereocenters. The highest BCUT2D eigenvalue weighted by Gasteiger charge is 2.16. The molecule has 114 valence electrons. The predicted molar refractivity (Wildman–Crippen MR) is 93.6 cm³/mol. The van der Waals surface area contributed by atoms with E-state index >= 15 is 0 Å². The molecule has 0 aliphatic carbocycles. The Bertz CT molecular complexity index is 1160. The molecule has 3 heteroatoms. The topological polar surface area (TPSA) is 38.9 Å². The van der Waals surface area contributed by atoms with Gasteiger partial charge in [-0.3, -0.25) is 4.98 Å². The fourth-order valence-corrected chi connectivity index (χ4v) is 2.81. The molecule has 0 saturated heterocycles. The molecular weight excluding hydrogens is 284 g/mol. The van der Waals surface area contributed by atoms with E-state index in [1.807, 2.05) is 24.3 Å². The van der Waals surface area contributed by atoms with Gasteiger partial charge >= 0.3 is 0 Å². The van der Waals surface area contributed by atoms with Gasteiger partial charge < -0.3 is 4.42 Å². The molecular formula is C20H18N2O. The van der Waals surface area contributed by atoms with Crippen molar-refractivity contribution in [1.82, 2.24) is 9.97 Å². The first-order valence-corrected chi connectivity index (χ1v) is 7.45. The highest BCUT2D eigenvalue weighted by Crippen LogP contribution is 2.33. The maximum absolute atomic E-state index is 8.43. The Kier molecular flexibility index (Phi) is 2.30. The van der Waals surface area contributed by atoms with Gasteiger partial charge in [0.15, 0.2) is 5.58 Å². The summed E-state index contributed by atoms with van der Waals surface area (Å²) in [6.07, 6.45) is 1.59. The molecule has 1 aromatic carbocycles. The normalized spacial score (nSPS) is 15.2. The third-order valence-electron chi connectivity index (χ3n) is 3.92. The number of pyridine rings is 2. The minimum absolute atomic E-state index is 0.0678. The molecule has 3 aromatic heterocycles. The number of hydrogen-bond donors (Lipinski definition) is 0. The van der Waals surface area contributed by atoms with Crippen LogP contribution < -0.4 is 0 Å². The number of rotatable bonds is 2. The van der Waals surface area contributed by atoms with Crippen LogP contribution in [0.3, 0.4) is 0 Å². The van der Waals surface area contributed by atoms with Crippen LogP contribution in [0, 0.1) is 6.85 Å². The van der Waals surface area contributed by atoms with Gasteiger partial charge in [0.05, 0.1) is 11.4 Å². The van der Waals surface area contributed by atoms with Gasteiger partial charge in [0.1, 0.15) is 11.1 Å². The van der Waals surface area contributed by atoms with Gasteiger partial charge in [-0.05, 0) is 48.1 Å². The third kappa shape index (κ3) is 2.20. The highest BCUT2D eigenvalue weighted by molar-refractivity contribution is 6.03. The van der Waals surface area contributed by atoms with E-state index in [4.69, 9.17) is 9.90 Å². The van der Waals surface area contributed by atoms with Gasteiger partial charge in [0, 0.05) is 17.1 Å².